The molecule has 2 rings (SSSR count). The van der Waals surface area contributed by atoms with Crippen molar-refractivity contribution >= 4 is 49.8 Å². The fourth-order valence-corrected chi connectivity index (χ4v) is 4.25. The van der Waals surface area contributed by atoms with Crippen molar-refractivity contribution in [3.63, 3.8) is 0 Å². The Bertz CT molecular complexity index is 713. The molecule has 2 aromatic rings. The molecule has 0 saturated carbocycles. The Morgan fingerprint density at radius 3 is 1.90 bits per heavy atom. The van der Waals surface area contributed by atoms with Crippen molar-refractivity contribution < 1.29 is 13.2 Å². The van der Waals surface area contributed by atoms with Crippen LogP contribution in [0.25, 0.3) is 0 Å². The molecule has 0 aromatic heterocycles. The van der Waals surface area contributed by atoms with E-state index in [1.54, 1.807) is 48.5 Å². The smallest absolute Gasteiger partial charge is 0.262 e. The molecular formula is C14H10ClIO3S. The van der Waals surface area contributed by atoms with Gasteiger partial charge in [0.15, 0.2) is 0 Å². The molecule has 0 amide bonds. The summed E-state index contributed by atoms with van der Waals surface area (Å²) in [5.74, 6) is -0.649. The van der Waals surface area contributed by atoms with Gasteiger partial charge in [-0.3, -0.25) is 4.79 Å². The lowest BCUT2D eigenvalue weighted by molar-refractivity contribution is 0.100. The van der Waals surface area contributed by atoms with Crippen LogP contribution in [0.1, 0.15) is 10.4 Å². The highest BCUT2D eigenvalue weighted by Gasteiger charge is 2.47. The van der Waals surface area contributed by atoms with Crippen LogP contribution in [0.5, 0.6) is 0 Å². The van der Waals surface area contributed by atoms with Gasteiger partial charge in [0.1, 0.15) is 0 Å². The first-order chi connectivity index (χ1) is 9.37. The minimum Gasteiger partial charge on any atom is -0.290 e. The van der Waals surface area contributed by atoms with Crippen LogP contribution in [-0.4, -0.2) is 16.4 Å². The number of benzene rings is 2. The second-order valence-electron chi connectivity index (χ2n) is 4.03. The van der Waals surface area contributed by atoms with Gasteiger partial charge in [-0.2, -0.15) is 0 Å². The van der Waals surface area contributed by atoms with Gasteiger partial charge in [0, 0.05) is 5.56 Å². The molecule has 0 radical (unpaired) electrons. The van der Waals surface area contributed by atoms with E-state index in [2.05, 4.69) is 0 Å². The number of ketones is 1. The Morgan fingerprint density at radius 2 is 1.40 bits per heavy atom. The zero-order chi connectivity index (χ0) is 14.8. The van der Waals surface area contributed by atoms with Gasteiger partial charge in [-0.15, -0.1) is 0 Å². The van der Waals surface area contributed by atoms with E-state index in [1.165, 1.54) is 34.7 Å². The van der Waals surface area contributed by atoms with Crippen LogP contribution < -0.4 is 0 Å². The van der Waals surface area contributed by atoms with Gasteiger partial charge in [-0.05, 0) is 34.7 Å². The summed E-state index contributed by atoms with van der Waals surface area (Å²) in [6.07, 6.45) is 0. The molecule has 6 heteroatoms. The molecule has 0 saturated heterocycles. The molecule has 0 N–H and O–H groups in total. The lowest BCUT2D eigenvalue weighted by Crippen LogP contribution is -2.35. The minimum absolute atomic E-state index is 0.0219. The van der Waals surface area contributed by atoms with Crippen molar-refractivity contribution in [2.75, 3.05) is 0 Å². The van der Waals surface area contributed by atoms with Crippen molar-refractivity contribution in [1.29, 1.82) is 0 Å². The van der Waals surface area contributed by atoms with Crippen molar-refractivity contribution in [3.8, 4) is 0 Å². The van der Waals surface area contributed by atoms with Crippen LogP contribution in [0.4, 0.5) is 0 Å². The van der Waals surface area contributed by atoms with E-state index < -0.39 is 17.8 Å². The Hall–Kier alpha value is -0.920. The largest absolute Gasteiger partial charge is 0.290 e. The second-order valence-corrected chi connectivity index (χ2v) is 9.90. The number of halogens is 2. The fraction of sp³-hybridized carbons (Fsp3) is 0.0714. The van der Waals surface area contributed by atoms with Crippen molar-refractivity contribution in [2.45, 2.75) is 7.11 Å². The van der Waals surface area contributed by atoms with Crippen molar-refractivity contribution in [3.05, 3.63) is 66.2 Å². The predicted molar refractivity (Wildman–Crippen MR) is 87.0 cm³/mol. The molecule has 2 aromatic carbocycles. The third-order valence-electron chi connectivity index (χ3n) is 2.69. The van der Waals surface area contributed by atoms with Crippen LogP contribution in [0.3, 0.4) is 0 Å². The molecule has 1 atom stereocenters. The summed E-state index contributed by atoms with van der Waals surface area (Å²) in [5, 5.41) is 0. The Kier molecular flexibility index (Phi) is 4.51. The zero-order valence-electron chi connectivity index (χ0n) is 10.2. The number of carbonyl (C=O) groups is 1. The molecule has 0 spiro atoms. The predicted octanol–water partition coefficient (Wildman–Crippen LogP) is 3.67. The van der Waals surface area contributed by atoms with Crippen LogP contribution in [0.15, 0.2) is 65.6 Å². The average Bonchev–Trinajstić information content (AvgIpc) is 2.48. The Balaban J connectivity index is 2.48. The fourth-order valence-electron chi connectivity index (χ4n) is 1.63. The van der Waals surface area contributed by atoms with Gasteiger partial charge in [-0.1, -0.05) is 60.1 Å². The van der Waals surface area contributed by atoms with Crippen LogP contribution >= 0.6 is 34.2 Å². The molecule has 0 fully saturated rings. The Labute approximate surface area is 136 Å². The number of hydrogen-bond donors (Lipinski definition) is 0. The summed E-state index contributed by atoms with van der Waals surface area (Å²) in [6, 6.07) is 15.8. The number of sulfone groups is 1. The van der Waals surface area contributed by atoms with E-state index in [0.717, 1.165) is 0 Å². The summed E-state index contributed by atoms with van der Waals surface area (Å²) in [6.45, 7) is 0. The molecule has 0 heterocycles. The molecule has 3 nitrogen and oxygen atoms in total. The first-order valence-corrected chi connectivity index (χ1v) is 8.58. The summed E-state index contributed by atoms with van der Waals surface area (Å²) < 4.78 is 23.0. The molecule has 0 bridgehead atoms. The SMILES string of the molecule is O=C(c1ccccc1)C(Cl)(I)S(=O)(=O)c1ccccc1. The normalized spacial score (nSPS) is 14.5. The van der Waals surface area contributed by atoms with Crippen LogP contribution in [0.2, 0.25) is 0 Å². The van der Waals surface area contributed by atoms with Gasteiger partial charge < -0.3 is 0 Å². The Morgan fingerprint density at radius 1 is 0.950 bits per heavy atom. The van der Waals surface area contributed by atoms with Gasteiger partial charge in [-0.25, -0.2) is 8.42 Å². The number of hydrogen-bond acceptors (Lipinski definition) is 3. The molecule has 104 valence electrons. The molecule has 0 aliphatic carbocycles. The monoisotopic (exact) mass is 420 g/mol. The van der Waals surface area contributed by atoms with E-state index in [9.17, 15) is 13.2 Å². The standard InChI is InChI=1S/C14H10ClIO3S/c15-14(16,13(17)11-7-3-1-4-8-11)20(18,19)12-9-5-2-6-10-12/h1-10H. The van der Waals surface area contributed by atoms with E-state index >= 15 is 0 Å². The maximum atomic E-state index is 12.5. The molecular weight excluding hydrogens is 411 g/mol. The van der Waals surface area contributed by atoms with E-state index in [0.29, 0.717) is 0 Å². The molecule has 0 aliphatic rings. The number of rotatable bonds is 4. The maximum Gasteiger partial charge on any atom is 0.262 e. The summed E-state index contributed by atoms with van der Waals surface area (Å²) in [4.78, 5) is 12.4. The van der Waals surface area contributed by atoms with Gasteiger partial charge in [0.05, 0.1) is 4.90 Å². The average molecular weight is 421 g/mol. The molecule has 20 heavy (non-hydrogen) atoms. The third-order valence-corrected chi connectivity index (χ3v) is 7.45. The second kappa shape index (κ2) is 5.83. The molecule has 0 aliphatic heterocycles. The maximum absolute atomic E-state index is 12.5. The van der Waals surface area contributed by atoms with E-state index in [4.69, 9.17) is 11.6 Å². The van der Waals surface area contributed by atoms with Gasteiger partial charge in [0.25, 0.3) is 2.21 Å². The summed E-state index contributed by atoms with van der Waals surface area (Å²) in [7, 11) is -3.98. The van der Waals surface area contributed by atoms with Crippen LogP contribution in [0, 0.1) is 0 Å². The highest BCUT2D eigenvalue weighted by molar-refractivity contribution is 14.1. The zero-order valence-corrected chi connectivity index (χ0v) is 13.9. The number of carbonyl (C=O) groups excluding carboxylic acids is 1. The van der Waals surface area contributed by atoms with Gasteiger partial charge >= 0.3 is 0 Å². The molecule has 1 unspecified atom stereocenters. The van der Waals surface area contributed by atoms with E-state index in [-0.39, 0.29) is 10.5 Å². The summed E-state index contributed by atoms with van der Waals surface area (Å²) >= 11 is 7.58. The van der Waals surface area contributed by atoms with Crippen molar-refractivity contribution in [2.24, 2.45) is 0 Å². The van der Waals surface area contributed by atoms with Crippen molar-refractivity contribution in [1.82, 2.24) is 0 Å². The van der Waals surface area contributed by atoms with Crippen LogP contribution in [-0.2, 0) is 9.84 Å². The first-order valence-electron chi connectivity index (χ1n) is 5.65. The van der Waals surface area contributed by atoms with E-state index in [1.807, 2.05) is 0 Å². The topological polar surface area (TPSA) is 51.2 Å². The van der Waals surface area contributed by atoms with Gasteiger partial charge in [0.2, 0.25) is 15.6 Å². The number of alkyl halides is 2. The lowest BCUT2D eigenvalue weighted by Gasteiger charge is -2.19. The minimum atomic E-state index is -3.98. The number of Topliss-reactive ketones (excluding diaryl/α,β-unsaturated/α-hetero) is 1. The third kappa shape index (κ3) is 2.75. The lowest BCUT2D eigenvalue weighted by atomic mass is 10.1. The highest BCUT2D eigenvalue weighted by atomic mass is 127. The highest BCUT2D eigenvalue weighted by Crippen LogP contribution is 2.39. The summed E-state index contributed by atoms with van der Waals surface area (Å²) in [5.41, 5.74) is 0.261. The quantitative estimate of drug-likeness (QED) is 0.431. The first kappa shape index (κ1) is 15.5.